The molecule has 2 nitrogen and oxygen atoms in total. The molecule has 0 amide bonds. The molecule has 94 valence electrons. The van der Waals surface area contributed by atoms with Gasteiger partial charge in [-0.2, -0.15) is 0 Å². The molecule has 0 radical (unpaired) electrons. The zero-order chi connectivity index (χ0) is 12.1. The third-order valence-electron chi connectivity index (χ3n) is 3.14. The van der Waals surface area contributed by atoms with Crippen LogP contribution in [0, 0.1) is 0 Å². The standard InChI is InChI=1S/C13H16ClIO2/c14-12-4-2-1-3-11(12)9-17-13(10-15)5-7-16-8-6-13/h1-4H,5-10H2. The van der Waals surface area contributed by atoms with Gasteiger partial charge in [0.25, 0.3) is 0 Å². The molecule has 4 heteroatoms. The Balaban J connectivity index is 1.98. The molecule has 17 heavy (non-hydrogen) atoms. The lowest BCUT2D eigenvalue weighted by Gasteiger charge is -2.35. The fourth-order valence-corrected chi connectivity index (χ4v) is 3.08. The topological polar surface area (TPSA) is 18.5 Å². The highest BCUT2D eigenvalue weighted by molar-refractivity contribution is 14.1. The average Bonchev–Trinajstić information content (AvgIpc) is 2.39. The Morgan fingerprint density at radius 2 is 2.00 bits per heavy atom. The van der Waals surface area contributed by atoms with Crippen LogP contribution in [-0.2, 0) is 16.1 Å². The van der Waals surface area contributed by atoms with Gasteiger partial charge < -0.3 is 9.47 Å². The molecule has 2 rings (SSSR count). The second-order valence-corrected chi connectivity index (χ2v) is 5.48. The lowest BCUT2D eigenvalue weighted by molar-refractivity contribution is -0.102. The first-order chi connectivity index (χ1) is 8.26. The minimum absolute atomic E-state index is 0.0298. The van der Waals surface area contributed by atoms with E-state index in [1.807, 2.05) is 24.3 Å². The van der Waals surface area contributed by atoms with Gasteiger partial charge in [-0.1, -0.05) is 52.4 Å². The predicted molar refractivity (Wildman–Crippen MR) is 77.9 cm³/mol. The Hall–Kier alpha value is 0.160. The fraction of sp³-hybridized carbons (Fsp3) is 0.538. The maximum Gasteiger partial charge on any atom is 0.0819 e. The highest BCUT2D eigenvalue weighted by Crippen LogP contribution is 2.29. The fourth-order valence-electron chi connectivity index (χ4n) is 1.91. The minimum atomic E-state index is -0.0298. The van der Waals surface area contributed by atoms with Crippen LogP contribution >= 0.6 is 34.2 Å². The molecule has 0 bridgehead atoms. The Morgan fingerprint density at radius 3 is 2.65 bits per heavy atom. The first kappa shape index (κ1) is 13.6. The molecule has 1 aliphatic rings. The van der Waals surface area contributed by atoms with E-state index in [1.54, 1.807) is 0 Å². The SMILES string of the molecule is Clc1ccccc1COC1(CI)CCOCC1. The molecule has 0 aromatic heterocycles. The van der Waals surface area contributed by atoms with E-state index in [-0.39, 0.29) is 5.60 Å². The summed E-state index contributed by atoms with van der Waals surface area (Å²) in [6, 6.07) is 7.85. The van der Waals surface area contributed by atoms with Gasteiger partial charge in [-0.05, 0) is 11.6 Å². The summed E-state index contributed by atoms with van der Waals surface area (Å²) >= 11 is 8.52. The Kier molecular flexibility index (Phi) is 5.09. The van der Waals surface area contributed by atoms with Crippen LogP contribution in [0.1, 0.15) is 18.4 Å². The summed E-state index contributed by atoms with van der Waals surface area (Å²) in [4.78, 5) is 0. The minimum Gasteiger partial charge on any atom is -0.381 e. The second kappa shape index (κ2) is 6.36. The van der Waals surface area contributed by atoms with Crippen molar-refractivity contribution in [3.05, 3.63) is 34.9 Å². The zero-order valence-corrected chi connectivity index (χ0v) is 12.5. The first-order valence-corrected chi connectivity index (χ1v) is 7.67. The van der Waals surface area contributed by atoms with Crippen molar-refractivity contribution in [3.63, 3.8) is 0 Å². The molecule has 1 saturated heterocycles. The summed E-state index contributed by atoms with van der Waals surface area (Å²) in [6.07, 6.45) is 1.95. The molecule has 0 N–H and O–H groups in total. The molecule has 0 aliphatic carbocycles. The summed E-state index contributed by atoms with van der Waals surface area (Å²) in [5.74, 6) is 0. The number of halogens is 2. The van der Waals surface area contributed by atoms with Crippen molar-refractivity contribution in [2.75, 3.05) is 17.6 Å². The zero-order valence-electron chi connectivity index (χ0n) is 9.62. The van der Waals surface area contributed by atoms with E-state index in [4.69, 9.17) is 21.1 Å². The van der Waals surface area contributed by atoms with E-state index in [2.05, 4.69) is 22.6 Å². The van der Waals surface area contributed by atoms with Gasteiger partial charge in [-0.3, -0.25) is 0 Å². The smallest absolute Gasteiger partial charge is 0.0819 e. The molecule has 0 saturated carbocycles. The lowest BCUT2D eigenvalue weighted by atomic mass is 9.96. The Morgan fingerprint density at radius 1 is 1.29 bits per heavy atom. The number of hydrogen-bond acceptors (Lipinski definition) is 2. The van der Waals surface area contributed by atoms with Crippen molar-refractivity contribution in [3.8, 4) is 0 Å². The summed E-state index contributed by atoms with van der Waals surface area (Å²) < 4.78 is 12.5. The summed E-state index contributed by atoms with van der Waals surface area (Å²) in [5.41, 5.74) is 1.03. The molecule has 1 aromatic carbocycles. The number of hydrogen-bond donors (Lipinski definition) is 0. The van der Waals surface area contributed by atoms with Crippen molar-refractivity contribution in [2.24, 2.45) is 0 Å². The molecule has 1 aromatic rings. The maximum atomic E-state index is 6.12. The monoisotopic (exact) mass is 366 g/mol. The number of rotatable bonds is 4. The first-order valence-electron chi connectivity index (χ1n) is 5.77. The molecular formula is C13H16ClIO2. The van der Waals surface area contributed by atoms with Crippen LogP contribution in [0.4, 0.5) is 0 Å². The third-order valence-corrected chi connectivity index (χ3v) is 4.90. The van der Waals surface area contributed by atoms with E-state index in [9.17, 15) is 0 Å². The summed E-state index contributed by atoms with van der Waals surface area (Å²) in [5, 5.41) is 0.781. The molecule has 1 heterocycles. The van der Waals surface area contributed by atoms with E-state index in [0.717, 1.165) is 41.1 Å². The Labute approximate surface area is 121 Å². The van der Waals surface area contributed by atoms with Gasteiger partial charge in [0.05, 0.1) is 12.2 Å². The van der Waals surface area contributed by atoms with Gasteiger partial charge in [-0.25, -0.2) is 0 Å². The highest BCUT2D eigenvalue weighted by atomic mass is 127. The molecular weight excluding hydrogens is 350 g/mol. The second-order valence-electron chi connectivity index (χ2n) is 4.31. The van der Waals surface area contributed by atoms with Crippen LogP contribution in [0.15, 0.2) is 24.3 Å². The van der Waals surface area contributed by atoms with E-state index in [1.165, 1.54) is 0 Å². The van der Waals surface area contributed by atoms with Crippen LogP contribution in [0.2, 0.25) is 5.02 Å². The largest absolute Gasteiger partial charge is 0.381 e. The number of alkyl halides is 1. The number of ether oxygens (including phenoxy) is 2. The van der Waals surface area contributed by atoms with Crippen molar-refractivity contribution in [1.82, 2.24) is 0 Å². The quantitative estimate of drug-likeness (QED) is 0.595. The Bertz CT molecular complexity index is 364. The molecule has 0 spiro atoms. The summed E-state index contributed by atoms with van der Waals surface area (Å²) in [6.45, 7) is 2.18. The molecule has 0 unspecified atom stereocenters. The van der Waals surface area contributed by atoms with Crippen LogP contribution in [-0.4, -0.2) is 23.2 Å². The van der Waals surface area contributed by atoms with Gasteiger partial charge in [0.2, 0.25) is 0 Å². The van der Waals surface area contributed by atoms with Crippen molar-refractivity contribution >= 4 is 34.2 Å². The van der Waals surface area contributed by atoms with Gasteiger partial charge in [0.15, 0.2) is 0 Å². The molecule has 0 atom stereocenters. The predicted octanol–water partition coefficient (Wildman–Crippen LogP) is 3.84. The van der Waals surface area contributed by atoms with Crippen LogP contribution in [0.3, 0.4) is 0 Å². The van der Waals surface area contributed by atoms with Crippen LogP contribution in [0.5, 0.6) is 0 Å². The van der Waals surface area contributed by atoms with Crippen LogP contribution < -0.4 is 0 Å². The van der Waals surface area contributed by atoms with Gasteiger partial charge in [-0.15, -0.1) is 0 Å². The van der Waals surface area contributed by atoms with Gasteiger partial charge in [0, 0.05) is 35.5 Å². The van der Waals surface area contributed by atoms with Crippen molar-refractivity contribution in [1.29, 1.82) is 0 Å². The number of benzene rings is 1. The average molecular weight is 367 g/mol. The lowest BCUT2D eigenvalue weighted by Crippen LogP contribution is -2.40. The van der Waals surface area contributed by atoms with E-state index >= 15 is 0 Å². The van der Waals surface area contributed by atoms with Crippen LogP contribution in [0.25, 0.3) is 0 Å². The van der Waals surface area contributed by atoms with Crippen molar-refractivity contribution in [2.45, 2.75) is 25.0 Å². The summed E-state index contributed by atoms with van der Waals surface area (Å²) in [7, 11) is 0. The van der Waals surface area contributed by atoms with Crippen molar-refractivity contribution < 1.29 is 9.47 Å². The van der Waals surface area contributed by atoms with E-state index < -0.39 is 0 Å². The molecule has 1 fully saturated rings. The van der Waals surface area contributed by atoms with E-state index in [0.29, 0.717) is 6.61 Å². The van der Waals surface area contributed by atoms with Gasteiger partial charge in [0.1, 0.15) is 0 Å². The third kappa shape index (κ3) is 3.56. The maximum absolute atomic E-state index is 6.12. The molecule has 1 aliphatic heterocycles. The van der Waals surface area contributed by atoms with Gasteiger partial charge >= 0.3 is 0 Å². The normalized spacial score (nSPS) is 19.2. The highest BCUT2D eigenvalue weighted by Gasteiger charge is 2.32.